The lowest BCUT2D eigenvalue weighted by Crippen LogP contribution is -2.38. The molecule has 1 aromatic carbocycles. The zero-order chi connectivity index (χ0) is 16.3. The largest absolute Gasteiger partial charge is 0.481 e. The molecule has 0 spiro atoms. The molecule has 0 fully saturated rings. The minimum absolute atomic E-state index is 0. The van der Waals surface area contributed by atoms with E-state index in [2.05, 4.69) is 0 Å². The summed E-state index contributed by atoms with van der Waals surface area (Å²) in [6.07, 6.45) is 0.387. The van der Waals surface area contributed by atoms with E-state index < -0.39 is 11.5 Å². The van der Waals surface area contributed by atoms with Crippen LogP contribution in [-0.4, -0.2) is 24.8 Å². The van der Waals surface area contributed by atoms with Gasteiger partial charge in [0.15, 0.2) is 0 Å². The molecule has 0 aliphatic carbocycles. The van der Waals surface area contributed by atoms with Crippen molar-refractivity contribution in [2.24, 2.45) is 5.73 Å². The van der Waals surface area contributed by atoms with E-state index in [4.69, 9.17) is 27.2 Å². The number of benzene rings is 1. The maximum Gasteiger partial charge on any atom is 0.305 e. The normalized spacial score (nSPS) is 14.1. The van der Waals surface area contributed by atoms with Gasteiger partial charge in [-0.3, -0.25) is 4.79 Å². The molecule has 1 unspecified atom stereocenters. The molecule has 0 saturated carbocycles. The summed E-state index contributed by atoms with van der Waals surface area (Å²) >= 11 is 6.21. The van der Waals surface area contributed by atoms with Crippen molar-refractivity contribution in [3.8, 4) is 0 Å². The molecule has 0 bridgehead atoms. The quantitative estimate of drug-likeness (QED) is 0.786. The molecule has 0 aromatic heterocycles. The van der Waals surface area contributed by atoms with Gasteiger partial charge in [0, 0.05) is 17.5 Å². The first-order valence-electron chi connectivity index (χ1n) is 6.96. The first kappa shape index (κ1) is 21.2. The lowest BCUT2D eigenvalue weighted by molar-refractivity contribution is -0.138. The summed E-state index contributed by atoms with van der Waals surface area (Å²) in [5.74, 6) is -0.919. The number of carboxylic acid groups (broad SMARTS) is 1. The Balaban J connectivity index is 0.00000441. The third-order valence-corrected chi connectivity index (χ3v) is 4.08. The summed E-state index contributed by atoms with van der Waals surface area (Å²) in [6.45, 7) is 6.51. The number of ether oxygens (including phenoxy) is 1. The monoisotopic (exact) mass is 349 g/mol. The van der Waals surface area contributed by atoms with E-state index in [0.717, 1.165) is 11.1 Å². The number of methoxy groups -OCH3 is 1. The van der Waals surface area contributed by atoms with Crippen molar-refractivity contribution in [1.29, 1.82) is 0 Å². The van der Waals surface area contributed by atoms with Gasteiger partial charge in [0.1, 0.15) is 0 Å². The van der Waals surface area contributed by atoms with E-state index >= 15 is 0 Å². The van der Waals surface area contributed by atoms with Gasteiger partial charge in [-0.2, -0.15) is 0 Å². The summed E-state index contributed by atoms with van der Waals surface area (Å²) in [5, 5.41) is 9.65. The minimum Gasteiger partial charge on any atom is -0.481 e. The molecule has 0 heterocycles. The summed E-state index contributed by atoms with van der Waals surface area (Å²) < 4.78 is 5.25. The molecule has 1 atom stereocenters. The highest BCUT2D eigenvalue weighted by atomic mass is 35.5. The number of halogens is 2. The van der Waals surface area contributed by atoms with E-state index in [9.17, 15) is 4.79 Å². The van der Waals surface area contributed by atoms with Gasteiger partial charge >= 0.3 is 5.97 Å². The van der Waals surface area contributed by atoms with E-state index in [1.165, 1.54) is 0 Å². The van der Waals surface area contributed by atoms with Crippen molar-refractivity contribution in [2.45, 2.75) is 44.6 Å². The van der Waals surface area contributed by atoms with Crippen LogP contribution < -0.4 is 5.73 Å². The van der Waals surface area contributed by atoms with Crippen molar-refractivity contribution >= 4 is 30.0 Å². The molecule has 4 nitrogen and oxygen atoms in total. The van der Waals surface area contributed by atoms with Crippen LogP contribution >= 0.6 is 24.0 Å². The van der Waals surface area contributed by atoms with Gasteiger partial charge in [-0.15, -0.1) is 12.4 Å². The number of carboxylic acids is 1. The number of rotatable bonds is 7. The van der Waals surface area contributed by atoms with Crippen LogP contribution in [0.5, 0.6) is 0 Å². The maximum atomic E-state index is 11.1. The average molecular weight is 350 g/mol. The Morgan fingerprint density at radius 1 is 1.32 bits per heavy atom. The second-order valence-corrected chi connectivity index (χ2v) is 6.56. The second-order valence-electron chi connectivity index (χ2n) is 6.13. The molecule has 0 aliphatic heterocycles. The number of aliphatic carboxylic acids is 1. The third kappa shape index (κ3) is 5.13. The van der Waals surface area contributed by atoms with Crippen LogP contribution in [0, 0.1) is 0 Å². The van der Waals surface area contributed by atoms with Gasteiger partial charge in [0.25, 0.3) is 0 Å². The Labute approximate surface area is 143 Å². The second kappa shape index (κ2) is 8.16. The molecule has 0 amide bonds. The van der Waals surface area contributed by atoms with Gasteiger partial charge < -0.3 is 15.6 Å². The number of hydrogen-bond acceptors (Lipinski definition) is 3. The van der Waals surface area contributed by atoms with Crippen molar-refractivity contribution < 1.29 is 14.6 Å². The first-order chi connectivity index (χ1) is 9.64. The number of nitrogens with two attached hydrogens (primary N) is 1. The fourth-order valence-electron chi connectivity index (χ4n) is 2.41. The highest BCUT2D eigenvalue weighted by Gasteiger charge is 2.31. The van der Waals surface area contributed by atoms with E-state index in [1.807, 2.05) is 32.9 Å². The van der Waals surface area contributed by atoms with E-state index in [1.54, 1.807) is 13.2 Å². The Hall–Kier alpha value is -0.810. The van der Waals surface area contributed by atoms with Gasteiger partial charge in [-0.05, 0) is 29.7 Å². The van der Waals surface area contributed by atoms with Gasteiger partial charge in [-0.1, -0.05) is 38.4 Å². The molecule has 0 radical (unpaired) electrons. The van der Waals surface area contributed by atoms with E-state index in [0.29, 0.717) is 18.1 Å². The predicted octanol–water partition coefficient (Wildman–Crippen LogP) is 3.72. The lowest BCUT2D eigenvalue weighted by atomic mass is 9.79. The van der Waals surface area contributed by atoms with Crippen LogP contribution in [0.2, 0.25) is 5.02 Å². The summed E-state index contributed by atoms with van der Waals surface area (Å²) in [6, 6.07) is 5.57. The molecular formula is C16H25Cl2NO3. The van der Waals surface area contributed by atoms with Crippen LogP contribution in [0.3, 0.4) is 0 Å². The van der Waals surface area contributed by atoms with Crippen molar-refractivity contribution in [3.05, 3.63) is 34.3 Å². The standard InChI is InChI=1S/C16H24ClNO3.ClH/c1-5-16(18,9-14(19)20)12-6-11(7-13(17)8-12)15(2,3)10-21-4;/h6-8H,5,9-10,18H2,1-4H3,(H,19,20);1H. The molecule has 22 heavy (non-hydrogen) atoms. The molecule has 0 aliphatic rings. The van der Waals surface area contributed by atoms with Crippen molar-refractivity contribution in [3.63, 3.8) is 0 Å². The fraction of sp³-hybridized carbons (Fsp3) is 0.562. The SMILES string of the molecule is CCC(N)(CC(=O)O)c1cc(Cl)cc(C(C)(C)COC)c1.Cl. The smallest absolute Gasteiger partial charge is 0.305 e. The number of hydrogen-bond donors (Lipinski definition) is 2. The third-order valence-electron chi connectivity index (χ3n) is 3.86. The predicted molar refractivity (Wildman–Crippen MR) is 92.0 cm³/mol. The molecule has 126 valence electrons. The van der Waals surface area contributed by atoms with Crippen LogP contribution in [0.4, 0.5) is 0 Å². The highest BCUT2D eigenvalue weighted by molar-refractivity contribution is 6.30. The molecule has 1 aromatic rings. The average Bonchev–Trinajstić information content (AvgIpc) is 2.37. The molecule has 6 heteroatoms. The summed E-state index contributed by atoms with van der Waals surface area (Å²) in [4.78, 5) is 11.1. The van der Waals surface area contributed by atoms with Crippen LogP contribution in [0.1, 0.15) is 44.7 Å². The summed E-state index contributed by atoms with van der Waals surface area (Å²) in [5.41, 5.74) is 6.89. The maximum absolute atomic E-state index is 11.1. The molecule has 0 saturated heterocycles. The Bertz CT molecular complexity index is 520. The fourth-order valence-corrected chi connectivity index (χ4v) is 2.65. The molecule has 1 rings (SSSR count). The van der Waals surface area contributed by atoms with Crippen LogP contribution in [-0.2, 0) is 20.5 Å². The van der Waals surface area contributed by atoms with Crippen LogP contribution in [0.25, 0.3) is 0 Å². The lowest BCUT2D eigenvalue weighted by Gasteiger charge is -2.31. The Morgan fingerprint density at radius 3 is 2.32 bits per heavy atom. The molecule has 3 N–H and O–H groups in total. The zero-order valence-electron chi connectivity index (χ0n) is 13.5. The van der Waals surface area contributed by atoms with Gasteiger partial charge in [0.2, 0.25) is 0 Å². The highest BCUT2D eigenvalue weighted by Crippen LogP contribution is 2.33. The zero-order valence-corrected chi connectivity index (χ0v) is 15.1. The van der Waals surface area contributed by atoms with Crippen LogP contribution in [0.15, 0.2) is 18.2 Å². The number of carbonyl (C=O) groups is 1. The molecular weight excluding hydrogens is 325 g/mol. The Morgan fingerprint density at radius 2 is 1.86 bits per heavy atom. The van der Waals surface area contributed by atoms with Crippen molar-refractivity contribution in [1.82, 2.24) is 0 Å². The van der Waals surface area contributed by atoms with Gasteiger partial charge in [-0.25, -0.2) is 0 Å². The van der Waals surface area contributed by atoms with Gasteiger partial charge in [0.05, 0.1) is 18.6 Å². The minimum atomic E-state index is -0.922. The van der Waals surface area contributed by atoms with Crippen molar-refractivity contribution in [2.75, 3.05) is 13.7 Å². The Kier molecular flexibility index (Phi) is 7.86. The topological polar surface area (TPSA) is 72.6 Å². The van der Waals surface area contributed by atoms with E-state index in [-0.39, 0.29) is 24.2 Å². The summed E-state index contributed by atoms with van der Waals surface area (Å²) in [7, 11) is 1.65. The first-order valence-corrected chi connectivity index (χ1v) is 7.33.